The minimum absolute atomic E-state index is 0.581. The Bertz CT molecular complexity index is 300. The average Bonchev–Trinajstić information content (AvgIpc) is 2.61. The molecule has 0 aromatic carbocycles. The van der Waals surface area contributed by atoms with Crippen molar-refractivity contribution in [3.8, 4) is 0 Å². The lowest BCUT2D eigenvalue weighted by Gasteiger charge is -2.25. The summed E-state index contributed by atoms with van der Waals surface area (Å²) in [5.41, 5.74) is 1.18. The van der Waals surface area contributed by atoms with Crippen molar-refractivity contribution < 1.29 is 0 Å². The molecule has 1 saturated carbocycles. The molecule has 0 unspecified atom stereocenters. The van der Waals surface area contributed by atoms with E-state index in [1.165, 1.54) is 37.8 Å². The van der Waals surface area contributed by atoms with Crippen molar-refractivity contribution >= 4 is 11.6 Å². The van der Waals surface area contributed by atoms with Crippen LogP contribution in [0.2, 0.25) is 0 Å². The fourth-order valence-corrected chi connectivity index (χ4v) is 2.63. The van der Waals surface area contributed by atoms with Gasteiger partial charge in [-0.2, -0.15) is 0 Å². The highest BCUT2D eigenvalue weighted by molar-refractivity contribution is 6.16. The Morgan fingerprint density at radius 3 is 2.79 bits per heavy atom. The normalized spacial score (nSPS) is 18.7. The van der Waals surface area contributed by atoms with Gasteiger partial charge >= 0.3 is 0 Å². The van der Waals surface area contributed by atoms with Gasteiger partial charge in [-0.25, -0.2) is 4.98 Å². The molecule has 78 valence electrons. The van der Waals surface area contributed by atoms with Crippen LogP contribution in [0.1, 0.15) is 49.7 Å². The summed E-state index contributed by atoms with van der Waals surface area (Å²) in [6.45, 7) is 2.07. The lowest BCUT2D eigenvalue weighted by atomic mass is 9.95. The maximum atomic E-state index is 5.90. The highest BCUT2D eigenvalue weighted by Crippen LogP contribution is 2.30. The second-order valence-electron chi connectivity index (χ2n) is 4.09. The maximum absolute atomic E-state index is 5.90. The van der Waals surface area contributed by atoms with Crippen LogP contribution in [0.3, 0.4) is 0 Å². The minimum Gasteiger partial charge on any atom is -0.328 e. The summed E-state index contributed by atoms with van der Waals surface area (Å²) in [7, 11) is 0. The van der Waals surface area contributed by atoms with Crippen LogP contribution in [0.5, 0.6) is 0 Å². The van der Waals surface area contributed by atoms with Crippen LogP contribution in [0, 0.1) is 6.92 Å². The van der Waals surface area contributed by atoms with Crippen LogP contribution in [-0.4, -0.2) is 9.55 Å². The molecule has 0 saturated heterocycles. The van der Waals surface area contributed by atoms with Crippen molar-refractivity contribution in [2.75, 3.05) is 0 Å². The van der Waals surface area contributed by atoms with E-state index >= 15 is 0 Å². The Morgan fingerprint density at radius 2 is 2.14 bits per heavy atom. The van der Waals surface area contributed by atoms with E-state index in [1.54, 1.807) is 0 Å². The molecular formula is C11H17ClN2. The molecule has 3 heteroatoms. The minimum atomic E-state index is 0.581. The number of alkyl halides is 1. The first-order valence-electron chi connectivity index (χ1n) is 5.41. The van der Waals surface area contributed by atoms with Crippen LogP contribution >= 0.6 is 11.6 Å². The molecule has 0 bridgehead atoms. The molecule has 1 aromatic heterocycles. The van der Waals surface area contributed by atoms with Gasteiger partial charge in [0, 0.05) is 12.2 Å². The maximum Gasteiger partial charge on any atom is 0.106 e. The SMILES string of the molecule is Cc1ncc(CCl)n1C1CCCCC1. The molecule has 0 aliphatic heterocycles. The van der Waals surface area contributed by atoms with Gasteiger partial charge < -0.3 is 4.57 Å². The molecule has 0 N–H and O–H groups in total. The van der Waals surface area contributed by atoms with Gasteiger partial charge in [0.1, 0.15) is 5.82 Å². The first-order valence-corrected chi connectivity index (χ1v) is 5.95. The third kappa shape index (κ3) is 1.81. The van der Waals surface area contributed by atoms with Gasteiger partial charge in [0.05, 0.1) is 11.6 Å². The first kappa shape index (κ1) is 10.0. The van der Waals surface area contributed by atoms with E-state index in [9.17, 15) is 0 Å². The summed E-state index contributed by atoms with van der Waals surface area (Å²) in [5, 5.41) is 0. The fourth-order valence-electron chi connectivity index (χ4n) is 2.44. The Morgan fingerprint density at radius 1 is 1.43 bits per heavy atom. The van der Waals surface area contributed by atoms with Gasteiger partial charge in [0.2, 0.25) is 0 Å². The van der Waals surface area contributed by atoms with Gasteiger partial charge in [0.15, 0.2) is 0 Å². The molecule has 1 aromatic rings. The summed E-state index contributed by atoms with van der Waals surface area (Å²) in [6.07, 6.45) is 8.59. The first-order chi connectivity index (χ1) is 6.83. The largest absolute Gasteiger partial charge is 0.328 e. The molecule has 0 atom stereocenters. The van der Waals surface area contributed by atoms with Crippen LogP contribution in [-0.2, 0) is 5.88 Å². The molecular weight excluding hydrogens is 196 g/mol. The third-order valence-electron chi connectivity index (χ3n) is 3.14. The Balaban J connectivity index is 2.23. The quantitative estimate of drug-likeness (QED) is 0.687. The van der Waals surface area contributed by atoms with Crippen molar-refractivity contribution in [1.29, 1.82) is 0 Å². The highest BCUT2D eigenvalue weighted by Gasteiger charge is 2.19. The molecule has 0 amide bonds. The molecule has 1 aliphatic rings. The van der Waals surface area contributed by atoms with Crippen molar-refractivity contribution in [3.05, 3.63) is 17.7 Å². The molecule has 14 heavy (non-hydrogen) atoms. The molecule has 1 heterocycles. The van der Waals surface area contributed by atoms with Gasteiger partial charge in [-0.15, -0.1) is 11.6 Å². The van der Waals surface area contributed by atoms with E-state index in [2.05, 4.69) is 16.5 Å². The van der Waals surface area contributed by atoms with Gasteiger partial charge in [-0.1, -0.05) is 19.3 Å². The summed E-state index contributed by atoms with van der Waals surface area (Å²) >= 11 is 5.90. The number of hydrogen-bond donors (Lipinski definition) is 0. The van der Waals surface area contributed by atoms with Crippen LogP contribution in [0.15, 0.2) is 6.20 Å². The van der Waals surface area contributed by atoms with Crippen LogP contribution < -0.4 is 0 Å². The number of rotatable bonds is 2. The lowest BCUT2D eigenvalue weighted by molar-refractivity contribution is 0.344. The summed E-state index contributed by atoms with van der Waals surface area (Å²) < 4.78 is 2.34. The van der Waals surface area contributed by atoms with Crippen molar-refractivity contribution in [1.82, 2.24) is 9.55 Å². The van der Waals surface area contributed by atoms with Crippen molar-refractivity contribution in [2.45, 2.75) is 50.9 Å². The summed E-state index contributed by atoms with van der Waals surface area (Å²) in [6, 6.07) is 0.653. The topological polar surface area (TPSA) is 17.8 Å². The fraction of sp³-hybridized carbons (Fsp3) is 0.727. The Hall–Kier alpha value is -0.500. The number of halogens is 1. The predicted octanol–water partition coefficient (Wildman–Crippen LogP) is 3.44. The number of imidazole rings is 1. The van der Waals surface area contributed by atoms with E-state index < -0.39 is 0 Å². The molecule has 1 aliphatic carbocycles. The van der Waals surface area contributed by atoms with E-state index in [1.807, 2.05) is 6.20 Å². The van der Waals surface area contributed by atoms with Crippen LogP contribution in [0.25, 0.3) is 0 Å². The molecule has 2 rings (SSSR count). The van der Waals surface area contributed by atoms with Crippen molar-refractivity contribution in [2.24, 2.45) is 0 Å². The lowest BCUT2D eigenvalue weighted by Crippen LogP contribution is -2.16. The number of nitrogens with zero attached hydrogens (tertiary/aromatic N) is 2. The summed E-state index contributed by atoms with van der Waals surface area (Å²) in [4.78, 5) is 4.34. The molecule has 1 fully saturated rings. The smallest absolute Gasteiger partial charge is 0.106 e. The molecule has 2 nitrogen and oxygen atoms in total. The second kappa shape index (κ2) is 4.35. The molecule has 0 spiro atoms. The van der Waals surface area contributed by atoms with Crippen LogP contribution in [0.4, 0.5) is 0 Å². The zero-order valence-corrected chi connectivity index (χ0v) is 9.43. The predicted molar refractivity (Wildman–Crippen MR) is 58.6 cm³/mol. The monoisotopic (exact) mass is 212 g/mol. The number of hydrogen-bond acceptors (Lipinski definition) is 1. The zero-order valence-electron chi connectivity index (χ0n) is 8.67. The second-order valence-corrected chi connectivity index (χ2v) is 4.36. The number of aromatic nitrogens is 2. The van der Waals surface area contributed by atoms with Gasteiger partial charge in [-0.05, 0) is 19.8 Å². The van der Waals surface area contributed by atoms with Gasteiger partial charge in [-0.3, -0.25) is 0 Å². The Labute approximate surface area is 90.3 Å². The third-order valence-corrected chi connectivity index (χ3v) is 3.41. The molecule has 0 radical (unpaired) electrons. The number of aryl methyl sites for hydroxylation is 1. The highest BCUT2D eigenvalue weighted by atomic mass is 35.5. The standard InChI is InChI=1S/C11H17ClN2/c1-9-13-8-11(7-12)14(9)10-5-3-2-4-6-10/h8,10H,2-7H2,1H3. The van der Waals surface area contributed by atoms with E-state index in [0.29, 0.717) is 11.9 Å². The Kier molecular flexibility index (Phi) is 3.12. The summed E-state index contributed by atoms with van der Waals surface area (Å²) in [5.74, 6) is 1.70. The van der Waals surface area contributed by atoms with Crippen molar-refractivity contribution in [3.63, 3.8) is 0 Å². The average molecular weight is 213 g/mol. The zero-order chi connectivity index (χ0) is 9.97. The van der Waals surface area contributed by atoms with Gasteiger partial charge in [0.25, 0.3) is 0 Å². The van der Waals surface area contributed by atoms with E-state index in [0.717, 1.165) is 5.82 Å². The van der Waals surface area contributed by atoms with E-state index in [4.69, 9.17) is 11.6 Å². The van der Waals surface area contributed by atoms with E-state index in [-0.39, 0.29) is 0 Å².